The van der Waals surface area contributed by atoms with E-state index in [9.17, 15) is 19.1 Å². The van der Waals surface area contributed by atoms with E-state index in [1.807, 2.05) is 0 Å². The Kier molecular flexibility index (Phi) is 7.20. The molecule has 1 fully saturated rings. The van der Waals surface area contributed by atoms with Crippen molar-refractivity contribution in [3.63, 3.8) is 0 Å². The summed E-state index contributed by atoms with van der Waals surface area (Å²) in [5.74, 6) is -1.49. The number of nitrogens with one attached hydrogen (secondary N) is 1. The van der Waals surface area contributed by atoms with Crippen LogP contribution in [-0.2, 0) is 0 Å². The maximum Gasteiger partial charge on any atom is 0.259 e. The molecule has 1 aliphatic carbocycles. The quantitative estimate of drug-likeness (QED) is 0.369. The summed E-state index contributed by atoms with van der Waals surface area (Å²) in [6.45, 7) is 1.71. The molecule has 0 radical (unpaired) electrons. The first-order valence-electron chi connectivity index (χ1n) is 10.6. The Balaban J connectivity index is 1.60. The SMILES string of the molecule is COc1cnc(Cl)c(F)c1-c1cc(C)ncc1C(=O)Nc1ncc(C(=O)C2CCC(O)CC2)s1. The first kappa shape index (κ1) is 24.2. The van der Waals surface area contributed by atoms with Crippen LogP contribution in [0, 0.1) is 18.7 Å². The number of anilines is 1. The van der Waals surface area contributed by atoms with Crippen molar-refractivity contribution in [2.24, 2.45) is 5.92 Å². The molecule has 0 unspecified atom stereocenters. The molecule has 0 saturated heterocycles. The van der Waals surface area contributed by atoms with Crippen LogP contribution in [-0.4, -0.2) is 45.0 Å². The van der Waals surface area contributed by atoms with Gasteiger partial charge in [-0.25, -0.2) is 14.4 Å². The third kappa shape index (κ3) is 4.94. The van der Waals surface area contributed by atoms with Crippen molar-refractivity contribution in [3.05, 3.63) is 51.8 Å². The molecule has 0 spiro atoms. The molecule has 1 saturated carbocycles. The summed E-state index contributed by atoms with van der Waals surface area (Å²) in [5.41, 5.74) is 0.861. The van der Waals surface area contributed by atoms with Crippen LogP contribution in [0.3, 0.4) is 0 Å². The van der Waals surface area contributed by atoms with Gasteiger partial charge in [-0.1, -0.05) is 22.9 Å². The molecular formula is C23H22ClFN4O4S. The molecule has 8 nitrogen and oxygen atoms in total. The Hall–Kier alpha value is -2.95. The molecule has 4 rings (SSSR count). The van der Waals surface area contributed by atoms with Crippen molar-refractivity contribution in [3.8, 4) is 16.9 Å². The molecule has 3 aromatic rings. The largest absolute Gasteiger partial charge is 0.494 e. The van der Waals surface area contributed by atoms with Crippen molar-refractivity contribution in [1.29, 1.82) is 0 Å². The third-order valence-electron chi connectivity index (χ3n) is 5.75. The molecule has 0 bridgehead atoms. The van der Waals surface area contributed by atoms with Crippen molar-refractivity contribution in [2.45, 2.75) is 38.7 Å². The highest BCUT2D eigenvalue weighted by Crippen LogP contribution is 2.37. The lowest BCUT2D eigenvalue weighted by atomic mass is 9.84. The van der Waals surface area contributed by atoms with Gasteiger partial charge in [-0.15, -0.1) is 0 Å². The summed E-state index contributed by atoms with van der Waals surface area (Å²) in [5, 5.41) is 12.2. The second-order valence-electron chi connectivity index (χ2n) is 8.03. The van der Waals surface area contributed by atoms with Gasteiger partial charge in [0.2, 0.25) is 0 Å². The second kappa shape index (κ2) is 10.1. The third-order valence-corrected chi connectivity index (χ3v) is 6.94. The number of halogens is 2. The van der Waals surface area contributed by atoms with E-state index in [1.165, 1.54) is 25.7 Å². The van der Waals surface area contributed by atoms with Crippen molar-refractivity contribution in [2.75, 3.05) is 12.4 Å². The standard InChI is InChI=1S/C23H22ClFN4O4S/c1-11-7-14(18-16(33-2)9-27-21(24)19(18)25)15(8-26-11)22(32)29-23-28-10-17(34-23)20(31)12-3-5-13(30)6-4-12/h7-10,12-13,30H,3-6H2,1-2H3,(H,28,29,32). The van der Waals surface area contributed by atoms with Crippen molar-refractivity contribution in [1.82, 2.24) is 15.0 Å². The number of aliphatic hydroxyl groups is 1. The van der Waals surface area contributed by atoms with Crippen molar-refractivity contribution < 1.29 is 23.8 Å². The first-order chi connectivity index (χ1) is 16.3. The normalized spacial score (nSPS) is 17.9. The minimum atomic E-state index is -0.819. The zero-order valence-corrected chi connectivity index (χ0v) is 20.0. The second-order valence-corrected chi connectivity index (χ2v) is 9.42. The van der Waals surface area contributed by atoms with Gasteiger partial charge < -0.3 is 9.84 Å². The maximum absolute atomic E-state index is 14.9. The average Bonchev–Trinajstić information content (AvgIpc) is 3.29. The van der Waals surface area contributed by atoms with E-state index < -0.39 is 11.7 Å². The molecule has 11 heteroatoms. The Morgan fingerprint density at radius 1 is 1.18 bits per heavy atom. The number of nitrogens with zero attached hydrogens (tertiary/aromatic N) is 3. The van der Waals surface area contributed by atoms with Crippen LogP contribution in [0.1, 0.15) is 51.4 Å². The maximum atomic E-state index is 14.9. The topological polar surface area (TPSA) is 114 Å². The molecule has 2 N–H and O–H groups in total. The minimum absolute atomic E-state index is 0.00681. The number of rotatable bonds is 6. The predicted octanol–water partition coefficient (Wildman–Crippen LogP) is 4.70. The molecular weight excluding hydrogens is 483 g/mol. The molecule has 0 atom stereocenters. The van der Waals surface area contributed by atoms with Gasteiger partial charge in [0.1, 0.15) is 5.75 Å². The van der Waals surface area contributed by atoms with E-state index in [1.54, 1.807) is 13.0 Å². The number of aromatic nitrogens is 3. The molecule has 0 aromatic carbocycles. The molecule has 1 amide bonds. The van der Waals surface area contributed by atoms with Crippen molar-refractivity contribution >= 4 is 39.8 Å². The summed E-state index contributed by atoms with van der Waals surface area (Å²) in [6, 6.07) is 1.56. The van der Waals surface area contributed by atoms with E-state index in [2.05, 4.69) is 20.3 Å². The van der Waals surface area contributed by atoms with Gasteiger partial charge >= 0.3 is 0 Å². The lowest BCUT2D eigenvalue weighted by molar-refractivity contribution is 0.0767. The zero-order valence-electron chi connectivity index (χ0n) is 18.5. The number of ether oxygens (including phenoxy) is 1. The van der Waals surface area contributed by atoms with E-state index in [0.29, 0.717) is 36.3 Å². The summed E-state index contributed by atoms with van der Waals surface area (Å²) in [4.78, 5) is 38.4. The lowest BCUT2D eigenvalue weighted by Gasteiger charge is -2.23. The van der Waals surface area contributed by atoms with E-state index in [0.717, 1.165) is 11.3 Å². The predicted molar refractivity (Wildman–Crippen MR) is 126 cm³/mol. The number of carbonyl (C=O) groups is 2. The highest BCUT2D eigenvalue weighted by Gasteiger charge is 2.28. The Morgan fingerprint density at radius 3 is 2.62 bits per heavy atom. The molecule has 34 heavy (non-hydrogen) atoms. The van der Waals surface area contributed by atoms with Gasteiger partial charge in [-0.3, -0.25) is 19.9 Å². The number of hydrogen-bond acceptors (Lipinski definition) is 8. The summed E-state index contributed by atoms with van der Waals surface area (Å²) in [6.07, 6.45) is 6.15. The monoisotopic (exact) mass is 504 g/mol. The minimum Gasteiger partial charge on any atom is -0.494 e. The fourth-order valence-corrected chi connectivity index (χ4v) is 4.92. The van der Waals surface area contributed by atoms with Gasteiger partial charge in [0.05, 0.1) is 41.6 Å². The molecule has 178 valence electrons. The zero-order chi connectivity index (χ0) is 24.4. The smallest absolute Gasteiger partial charge is 0.259 e. The lowest BCUT2D eigenvalue weighted by Crippen LogP contribution is -2.23. The van der Waals surface area contributed by atoms with Crippen LogP contribution in [0.2, 0.25) is 5.15 Å². The molecule has 0 aliphatic heterocycles. The van der Waals surface area contributed by atoms with Crippen LogP contribution >= 0.6 is 22.9 Å². The fourth-order valence-electron chi connectivity index (χ4n) is 3.95. The van der Waals surface area contributed by atoms with Crippen LogP contribution in [0.25, 0.3) is 11.1 Å². The molecule has 3 heterocycles. The van der Waals surface area contributed by atoms with E-state index in [-0.39, 0.29) is 50.5 Å². The Morgan fingerprint density at radius 2 is 1.91 bits per heavy atom. The van der Waals surface area contributed by atoms with Gasteiger partial charge in [0.25, 0.3) is 5.91 Å². The number of carbonyl (C=O) groups excluding carboxylic acids is 2. The first-order valence-corrected chi connectivity index (χ1v) is 11.8. The highest BCUT2D eigenvalue weighted by molar-refractivity contribution is 7.17. The summed E-state index contributed by atoms with van der Waals surface area (Å²) in [7, 11) is 1.36. The number of pyridine rings is 2. The number of thiazole rings is 1. The number of methoxy groups -OCH3 is 1. The summed E-state index contributed by atoms with van der Waals surface area (Å²) < 4.78 is 20.2. The van der Waals surface area contributed by atoms with Gasteiger partial charge in [0.15, 0.2) is 21.9 Å². The van der Waals surface area contributed by atoms with Crippen LogP contribution in [0.15, 0.2) is 24.7 Å². The number of aryl methyl sites for hydroxylation is 1. The number of amides is 1. The van der Waals surface area contributed by atoms with Gasteiger partial charge in [-0.2, -0.15) is 0 Å². The molecule has 3 aromatic heterocycles. The fraction of sp³-hybridized carbons (Fsp3) is 0.348. The van der Waals surface area contributed by atoms with Gasteiger partial charge in [-0.05, 0) is 38.7 Å². The number of aliphatic hydroxyl groups excluding tert-OH is 1. The number of Topliss-reactive ketones (excluding diaryl/α,β-unsaturated/α-hetero) is 1. The highest BCUT2D eigenvalue weighted by atomic mass is 35.5. The van der Waals surface area contributed by atoms with Gasteiger partial charge in [0, 0.05) is 23.4 Å². The number of hydrogen-bond donors (Lipinski definition) is 2. The average molecular weight is 505 g/mol. The molecule has 1 aliphatic rings. The number of ketones is 1. The Bertz CT molecular complexity index is 1240. The van der Waals surface area contributed by atoms with E-state index >= 15 is 0 Å². The van der Waals surface area contributed by atoms with E-state index in [4.69, 9.17) is 16.3 Å². The van der Waals surface area contributed by atoms with Crippen LogP contribution in [0.4, 0.5) is 9.52 Å². The van der Waals surface area contributed by atoms with Crippen LogP contribution in [0.5, 0.6) is 5.75 Å². The van der Waals surface area contributed by atoms with Crippen LogP contribution < -0.4 is 10.1 Å². The Labute approximate surface area is 204 Å². The summed E-state index contributed by atoms with van der Waals surface area (Å²) >= 11 is 6.96.